The van der Waals surface area contributed by atoms with E-state index in [-0.39, 0.29) is 11.7 Å². The second-order valence-corrected chi connectivity index (χ2v) is 8.97. The summed E-state index contributed by atoms with van der Waals surface area (Å²) in [6.45, 7) is 10.2. The number of rotatable bonds is 10. The fourth-order valence-corrected chi connectivity index (χ4v) is 4.20. The molecular formula is C22H31N5O3S. The number of carbonyl (C=O) groups excluding carboxylic acids is 2. The molecule has 9 heteroatoms. The number of benzene rings is 1. The number of nitrogens with one attached hydrogen (secondary N) is 1. The number of ketones is 1. The summed E-state index contributed by atoms with van der Waals surface area (Å²) < 4.78 is 7.57. The molecule has 0 aliphatic carbocycles. The number of Topliss-reactive ketones (excluding diaryl/α,β-unsaturated/α-hetero) is 1. The number of hydrogen-bond acceptors (Lipinski definition) is 7. The molecule has 8 nitrogen and oxygen atoms in total. The summed E-state index contributed by atoms with van der Waals surface area (Å²) in [6, 6.07) is 7.59. The first-order valence-electron chi connectivity index (χ1n) is 10.7. The summed E-state index contributed by atoms with van der Waals surface area (Å²) in [5.41, 5.74) is 1.77. The fourth-order valence-electron chi connectivity index (χ4n) is 3.36. The van der Waals surface area contributed by atoms with E-state index in [4.69, 9.17) is 4.74 Å². The molecular weight excluding hydrogens is 414 g/mol. The smallest absolute Gasteiger partial charge is 0.228 e. The highest BCUT2D eigenvalue weighted by Gasteiger charge is 2.21. The second-order valence-electron chi connectivity index (χ2n) is 8.03. The molecule has 1 saturated heterocycles. The van der Waals surface area contributed by atoms with Crippen LogP contribution in [-0.4, -0.2) is 65.1 Å². The van der Waals surface area contributed by atoms with E-state index in [0.717, 1.165) is 42.7 Å². The third kappa shape index (κ3) is 6.80. The molecule has 0 radical (unpaired) electrons. The minimum Gasteiger partial charge on any atom is -0.378 e. The van der Waals surface area contributed by atoms with Crippen LogP contribution < -0.4 is 10.2 Å². The number of aromatic nitrogens is 3. The first kappa shape index (κ1) is 23.3. The highest BCUT2D eigenvalue weighted by Crippen LogP contribution is 2.25. The van der Waals surface area contributed by atoms with Crippen LogP contribution in [0.15, 0.2) is 29.4 Å². The maximum Gasteiger partial charge on any atom is 0.228 e. The Labute approximate surface area is 187 Å². The van der Waals surface area contributed by atoms with Gasteiger partial charge in [0.25, 0.3) is 0 Å². The van der Waals surface area contributed by atoms with Crippen molar-refractivity contribution in [3.05, 3.63) is 35.4 Å². The van der Waals surface area contributed by atoms with Gasteiger partial charge in [0, 0.05) is 38.7 Å². The van der Waals surface area contributed by atoms with Crippen molar-refractivity contribution in [3.63, 3.8) is 0 Å². The maximum absolute atomic E-state index is 12.7. The summed E-state index contributed by atoms with van der Waals surface area (Å²) in [7, 11) is 0. The minimum atomic E-state index is -0.0362. The summed E-state index contributed by atoms with van der Waals surface area (Å²) in [6.07, 6.45) is 0.741. The SMILES string of the molecule is CC(=O)NCCc1ccc(C(=O)CSc2nnc(N3CCOCC3)n2CC(C)C)cc1. The molecule has 1 aromatic carbocycles. The van der Waals surface area contributed by atoms with E-state index in [1.165, 1.54) is 18.7 Å². The monoisotopic (exact) mass is 445 g/mol. The maximum atomic E-state index is 12.7. The second kappa shape index (κ2) is 11.3. The summed E-state index contributed by atoms with van der Waals surface area (Å²) >= 11 is 1.43. The number of carbonyl (C=O) groups is 2. The van der Waals surface area contributed by atoms with Crippen molar-refractivity contribution >= 4 is 29.4 Å². The van der Waals surface area contributed by atoms with Gasteiger partial charge in [-0.3, -0.25) is 14.2 Å². The van der Waals surface area contributed by atoms with E-state index in [1.54, 1.807) is 0 Å². The molecule has 31 heavy (non-hydrogen) atoms. The average molecular weight is 446 g/mol. The van der Waals surface area contributed by atoms with Gasteiger partial charge in [0.15, 0.2) is 10.9 Å². The van der Waals surface area contributed by atoms with Gasteiger partial charge in [0.05, 0.1) is 19.0 Å². The molecule has 1 aliphatic heterocycles. The highest BCUT2D eigenvalue weighted by atomic mass is 32.2. The van der Waals surface area contributed by atoms with Gasteiger partial charge < -0.3 is 15.0 Å². The molecule has 1 fully saturated rings. The summed E-state index contributed by atoms with van der Waals surface area (Å²) in [5.74, 6) is 1.63. The van der Waals surface area contributed by atoms with Crippen LogP contribution in [0.5, 0.6) is 0 Å². The molecule has 3 rings (SSSR count). The van der Waals surface area contributed by atoms with Crippen LogP contribution in [0.2, 0.25) is 0 Å². The Kier molecular flexibility index (Phi) is 8.48. The Balaban J connectivity index is 1.61. The zero-order chi connectivity index (χ0) is 22.2. The standard InChI is InChI=1S/C22H31N5O3S/c1-16(2)14-27-21(26-10-12-30-13-11-26)24-25-22(27)31-15-20(29)19-6-4-18(5-7-19)8-9-23-17(3)28/h4-7,16H,8-15H2,1-3H3,(H,23,28). The lowest BCUT2D eigenvalue weighted by Crippen LogP contribution is -2.38. The lowest BCUT2D eigenvalue weighted by atomic mass is 10.1. The van der Waals surface area contributed by atoms with Crippen molar-refractivity contribution in [1.82, 2.24) is 20.1 Å². The van der Waals surface area contributed by atoms with Crippen molar-refractivity contribution in [2.45, 2.75) is 38.9 Å². The van der Waals surface area contributed by atoms with E-state index >= 15 is 0 Å². The van der Waals surface area contributed by atoms with Gasteiger partial charge in [-0.2, -0.15) is 0 Å². The van der Waals surface area contributed by atoms with Crippen molar-refractivity contribution in [3.8, 4) is 0 Å². The van der Waals surface area contributed by atoms with Gasteiger partial charge in [0.1, 0.15) is 0 Å². The summed E-state index contributed by atoms with van der Waals surface area (Å²) in [4.78, 5) is 25.9. The zero-order valence-corrected chi connectivity index (χ0v) is 19.3. The normalized spacial score (nSPS) is 14.1. The van der Waals surface area contributed by atoms with Crippen molar-refractivity contribution in [2.24, 2.45) is 5.92 Å². The van der Waals surface area contributed by atoms with Crippen LogP contribution in [0.25, 0.3) is 0 Å². The number of ether oxygens (including phenoxy) is 1. The van der Waals surface area contributed by atoms with Crippen LogP contribution in [0.4, 0.5) is 5.95 Å². The Hall–Kier alpha value is -2.39. The van der Waals surface area contributed by atoms with Gasteiger partial charge in [-0.25, -0.2) is 0 Å². The van der Waals surface area contributed by atoms with Crippen LogP contribution in [-0.2, 0) is 22.5 Å². The lowest BCUT2D eigenvalue weighted by molar-refractivity contribution is -0.118. The molecule has 0 saturated carbocycles. The molecule has 1 aliphatic rings. The van der Waals surface area contributed by atoms with Gasteiger partial charge in [-0.05, 0) is 17.9 Å². The van der Waals surface area contributed by atoms with E-state index < -0.39 is 0 Å². The topological polar surface area (TPSA) is 89.3 Å². The van der Waals surface area contributed by atoms with E-state index in [1.807, 2.05) is 24.3 Å². The molecule has 1 amide bonds. The molecule has 0 spiro atoms. The average Bonchev–Trinajstić information content (AvgIpc) is 3.14. The van der Waals surface area contributed by atoms with Crippen molar-refractivity contribution < 1.29 is 14.3 Å². The van der Waals surface area contributed by atoms with Crippen molar-refractivity contribution in [2.75, 3.05) is 43.5 Å². The largest absolute Gasteiger partial charge is 0.378 e. The zero-order valence-electron chi connectivity index (χ0n) is 18.5. The molecule has 168 valence electrons. The first-order valence-corrected chi connectivity index (χ1v) is 11.7. The van der Waals surface area contributed by atoms with Crippen LogP contribution >= 0.6 is 11.8 Å². The van der Waals surface area contributed by atoms with Crippen molar-refractivity contribution in [1.29, 1.82) is 0 Å². The number of amides is 1. The third-order valence-electron chi connectivity index (χ3n) is 4.93. The molecule has 1 N–H and O–H groups in total. The summed E-state index contributed by atoms with van der Waals surface area (Å²) in [5, 5.41) is 12.3. The minimum absolute atomic E-state index is 0.0362. The molecule has 0 bridgehead atoms. The van der Waals surface area contributed by atoms with Gasteiger partial charge >= 0.3 is 0 Å². The number of hydrogen-bond donors (Lipinski definition) is 1. The molecule has 0 unspecified atom stereocenters. The first-order chi connectivity index (χ1) is 14.9. The highest BCUT2D eigenvalue weighted by molar-refractivity contribution is 7.99. The van der Waals surface area contributed by atoms with Gasteiger partial charge in [-0.1, -0.05) is 49.9 Å². The Morgan fingerprint density at radius 1 is 1.16 bits per heavy atom. The van der Waals surface area contributed by atoms with Gasteiger partial charge in [0.2, 0.25) is 11.9 Å². The molecule has 2 heterocycles. The fraction of sp³-hybridized carbons (Fsp3) is 0.545. The van der Waals surface area contributed by atoms with E-state index in [2.05, 4.69) is 38.8 Å². The number of thioether (sulfide) groups is 1. The quantitative estimate of drug-likeness (QED) is 0.444. The Bertz CT molecular complexity index is 876. The predicted octanol–water partition coefficient (Wildman–Crippen LogP) is 2.42. The number of nitrogens with zero attached hydrogens (tertiary/aromatic N) is 4. The molecule has 0 atom stereocenters. The number of anilines is 1. The van der Waals surface area contributed by atoms with Gasteiger partial charge in [-0.15, -0.1) is 10.2 Å². The molecule has 2 aromatic rings. The Morgan fingerprint density at radius 3 is 2.52 bits per heavy atom. The van der Waals surface area contributed by atoms with Crippen LogP contribution in [0.1, 0.15) is 36.7 Å². The van der Waals surface area contributed by atoms with E-state index in [0.29, 0.717) is 37.0 Å². The van der Waals surface area contributed by atoms with Crippen LogP contribution in [0, 0.1) is 5.92 Å². The lowest BCUT2D eigenvalue weighted by Gasteiger charge is -2.28. The number of morpholine rings is 1. The predicted molar refractivity (Wildman–Crippen MR) is 122 cm³/mol. The Morgan fingerprint density at radius 2 is 1.87 bits per heavy atom. The third-order valence-corrected chi connectivity index (χ3v) is 5.90. The van der Waals surface area contributed by atoms with Crippen LogP contribution in [0.3, 0.4) is 0 Å². The molecule has 1 aromatic heterocycles. The van der Waals surface area contributed by atoms with E-state index in [9.17, 15) is 9.59 Å².